The first-order valence-electron chi connectivity index (χ1n) is 6.35. The average molecular weight is 240 g/mol. The molecule has 1 unspecified atom stereocenters. The maximum atomic E-state index is 4.51. The van der Waals surface area contributed by atoms with Crippen molar-refractivity contribution in [1.29, 1.82) is 0 Å². The molecule has 0 aliphatic carbocycles. The van der Waals surface area contributed by atoms with Gasteiger partial charge in [0.1, 0.15) is 0 Å². The van der Waals surface area contributed by atoms with E-state index in [-0.39, 0.29) is 6.04 Å². The van der Waals surface area contributed by atoms with Crippen LogP contribution in [-0.2, 0) is 6.42 Å². The number of aromatic nitrogens is 1. The minimum atomic E-state index is 0.271. The molecule has 0 radical (unpaired) electrons. The number of benzene rings is 1. The van der Waals surface area contributed by atoms with Crippen LogP contribution in [-0.4, -0.2) is 12.0 Å². The predicted octanol–water partition coefficient (Wildman–Crippen LogP) is 3.20. The zero-order chi connectivity index (χ0) is 13.0. The molecule has 0 aliphatic rings. The molecule has 1 N–H and O–H groups in total. The Hall–Kier alpha value is -1.67. The third kappa shape index (κ3) is 2.77. The van der Waals surface area contributed by atoms with E-state index in [1.54, 1.807) is 0 Å². The van der Waals surface area contributed by atoms with Crippen molar-refractivity contribution in [3.63, 3.8) is 0 Å². The summed E-state index contributed by atoms with van der Waals surface area (Å²) < 4.78 is 0. The Labute approximate surface area is 109 Å². The quantitative estimate of drug-likeness (QED) is 0.887. The molecule has 1 heterocycles. The van der Waals surface area contributed by atoms with Crippen molar-refractivity contribution in [2.75, 3.05) is 7.05 Å². The van der Waals surface area contributed by atoms with Crippen LogP contribution in [0.25, 0.3) is 0 Å². The average Bonchev–Trinajstić information content (AvgIpc) is 2.39. The fourth-order valence-electron chi connectivity index (χ4n) is 2.26. The smallest absolute Gasteiger partial charge is 0.0605 e. The van der Waals surface area contributed by atoms with Crippen molar-refractivity contribution in [2.24, 2.45) is 0 Å². The van der Waals surface area contributed by atoms with Gasteiger partial charge in [0.25, 0.3) is 0 Å². The summed E-state index contributed by atoms with van der Waals surface area (Å²) in [5.74, 6) is 0. The predicted molar refractivity (Wildman–Crippen MR) is 75.7 cm³/mol. The molecular weight excluding hydrogens is 220 g/mol. The molecule has 18 heavy (non-hydrogen) atoms. The van der Waals surface area contributed by atoms with Gasteiger partial charge in [0.05, 0.1) is 11.7 Å². The Morgan fingerprint density at radius 1 is 1.06 bits per heavy atom. The van der Waals surface area contributed by atoms with E-state index < -0.39 is 0 Å². The maximum Gasteiger partial charge on any atom is 0.0605 e. The summed E-state index contributed by atoms with van der Waals surface area (Å²) in [6, 6.07) is 12.9. The molecule has 2 aromatic rings. The Balaban J connectivity index is 2.26. The second-order valence-electron chi connectivity index (χ2n) is 4.68. The number of pyridine rings is 1. The lowest BCUT2D eigenvalue weighted by Crippen LogP contribution is -2.21. The number of nitrogens with one attached hydrogen (secondary N) is 1. The number of rotatable bonds is 4. The second-order valence-corrected chi connectivity index (χ2v) is 4.68. The highest BCUT2D eigenvalue weighted by Gasteiger charge is 2.14. The molecule has 0 fully saturated rings. The van der Waals surface area contributed by atoms with E-state index in [4.69, 9.17) is 0 Å². The summed E-state index contributed by atoms with van der Waals surface area (Å²) >= 11 is 0. The Bertz CT molecular complexity index is 520. The van der Waals surface area contributed by atoms with Gasteiger partial charge in [0, 0.05) is 6.20 Å². The lowest BCUT2D eigenvalue weighted by molar-refractivity contribution is 0.571. The van der Waals surface area contributed by atoms with Crippen molar-refractivity contribution in [2.45, 2.75) is 26.3 Å². The number of hydrogen-bond acceptors (Lipinski definition) is 2. The van der Waals surface area contributed by atoms with Gasteiger partial charge in [-0.1, -0.05) is 30.3 Å². The topological polar surface area (TPSA) is 24.9 Å². The van der Waals surface area contributed by atoms with Crippen LogP contribution in [0.5, 0.6) is 0 Å². The van der Waals surface area contributed by atoms with Crippen molar-refractivity contribution in [1.82, 2.24) is 10.3 Å². The van der Waals surface area contributed by atoms with Crippen LogP contribution in [0.15, 0.2) is 42.6 Å². The van der Waals surface area contributed by atoms with E-state index in [0.717, 1.165) is 12.1 Å². The number of hydrogen-bond donors (Lipinski definition) is 1. The fourth-order valence-corrected chi connectivity index (χ4v) is 2.26. The molecule has 94 valence electrons. The van der Waals surface area contributed by atoms with E-state index >= 15 is 0 Å². The van der Waals surface area contributed by atoms with Crippen LogP contribution >= 0.6 is 0 Å². The Morgan fingerprint density at radius 3 is 2.44 bits per heavy atom. The molecule has 1 atom stereocenters. The van der Waals surface area contributed by atoms with Crippen LogP contribution in [0.1, 0.15) is 28.4 Å². The van der Waals surface area contributed by atoms with E-state index in [2.05, 4.69) is 54.5 Å². The molecule has 0 saturated heterocycles. The van der Waals surface area contributed by atoms with Gasteiger partial charge < -0.3 is 5.32 Å². The van der Waals surface area contributed by atoms with Gasteiger partial charge >= 0.3 is 0 Å². The van der Waals surface area contributed by atoms with Crippen LogP contribution in [0, 0.1) is 13.8 Å². The first-order chi connectivity index (χ1) is 8.72. The minimum Gasteiger partial charge on any atom is -0.311 e. The molecule has 0 aliphatic heterocycles. The normalized spacial score (nSPS) is 12.4. The molecule has 0 saturated carbocycles. The van der Waals surface area contributed by atoms with E-state index in [0.29, 0.717) is 0 Å². The standard InChI is InChI=1S/C16H20N2/c1-12-7-4-5-9-14(12)11-15(17-3)16-13(2)8-6-10-18-16/h4-10,15,17H,11H2,1-3H3. The molecule has 2 rings (SSSR count). The molecule has 0 bridgehead atoms. The fraction of sp³-hybridized carbons (Fsp3) is 0.312. The van der Waals surface area contributed by atoms with E-state index in [1.807, 2.05) is 19.3 Å². The van der Waals surface area contributed by atoms with Crippen molar-refractivity contribution in [3.8, 4) is 0 Å². The van der Waals surface area contributed by atoms with Crippen LogP contribution in [0.4, 0.5) is 0 Å². The van der Waals surface area contributed by atoms with Gasteiger partial charge in [-0.15, -0.1) is 0 Å². The highest BCUT2D eigenvalue weighted by atomic mass is 14.9. The molecular formula is C16H20N2. The third-order valence-electron chi connectivity index (χ3n) is 3.41. The third-order valence-corrected chi connectivity index (χ3v) is 3.41. The van der Waals surface area contributed by atoms with Gasteiger partial charge in [-0.2, -0.15) is 0 Å². The van der Waals surface area contributed by atoms with Gasteiger partial charge in [0.2, 0.25) is 0 Å². The summed E-state index contributed by atoms with van der Waals surface area (Å²) in [4.78, 5) is 4.51. The first-order valence-corrected chi connectivity index (χ1v) is 6.35. The summed E-state index contributed by atoms with van der Waals surface area (Å²) in [7, 11) is 2.00. The van der Waals surface area contributed by atoms with Crippen molar-refractivity contribution < 1.29 is 0 Å². The molecule has 0 spiro atoms. The lowest BCUT2D eigenvalue weighted by Gasteiger charge is -2.18. The van der Waals surface area contributed by atoms with Crippen LogP contribution in [0.2, 0.25) is 0 Å². The van der Waals surface area contributed by atoms with Crippen LogP contribution < -0.4 is 5.32 Å². The zero-order valence-corrected chi connectivity index (χ0v) is 11.3. The SMILES string of the molecule is CNC(Cc1ccccc1C)c1ncccc1C. The van der Waals surface area contributed by atoms with Gasteiger partial charge in [-0.3, -0.25) is 4.98 Å². The van der Waals surface area contributed by atoms with Crippen LogP contribution in [0.3, 0.4) is 0 Å². The summed E-state index contributed by atoms with van der Waals surface area (Å²) in [5.41, 5.74) is 5.10. The zero-order valence-electron chi connectivity index (χ0n) is 11.3. The minimum absolute atomic E-state index is 0.271. The molecule has 2 heteroatoms. The Kier molecular flexibility index (Phi) is 4.11. The largest absolute Gasteiger partial charge is 0.311 e. The van der Waals surface area contributed by atoms with Crippen molar-refractivity contribution in [3.05, 3.63) is 65.0 Å². The van der Waals surface area contributed by atoms with Gasteiger partial charge in [0.15, 0.2) is 0 Å². The first kappa shape index (κ1) is 12.8. The second kappa shape index (κ2) is 5.78. The molecule has 1 aromatic carbocycles. The molecule has 0 amide bonds. The summed E-state index contributed by atoms with van der Waals surface area (Å²) in [6.07, 6.45) is 2.84. The van der Waals surface area contributed by atoms with E-state index in [1.165, 1.54) is 16.7 Å². The number of aryl methyl sites for hydroxylation is 2. The number of nitrogens with zero attached hydrogens (tertiary/aromatic N) is 1. The Morgan fingerprint density at radius 2 is 1.78 bits per heavy atom. The maximum absolute atomic E-state index is 4.51. The summed E-state index contributed by atoms with van der Waals surface area (Å²) in [5, 5.41) is 3.37. The molecule has 2 nitrogen and oxygen atoms in total. The highest BCUT2D eigenvalue weighted by Crippen LogP contribution is 2.20. The number of likely N-dealkylation sites (N-methyl/N-ethyl adjacent to an activating group) is 1. The van der Waals surface area contributed by atoms with E-state index in [9.17, 15) is 0 Å². The van der Waals surface area contributed by atoms with Crippen molar-refractivity contribution >= 4 is 0 Å². The lowest BCUT2D eigenvalue weighted by atomic mass is 9.97. The monoisotopic (exact) mass is 240 g/mol. The highest BCUT2D eigenvalue weighted by molar-refractivity contribution is 5.29. The summed E-state index contributed by atoms with van der Waals surface area (Å²) in [6.45, 7) is 4.28. The van der Waals surface area contributed by atoms with Gasteiger partial charge in [-0.25, -0.2) is 0 Å². The molecule has 1 aromatic heterocycles. The van der Waals surface area contributed by atoms with Gasteiger partial charge in [-0.05, 0) is 50.1 Å².